The van der Waals surface area contributed by atoms with Gasteiger partial charge in [-0.2, -0.15) is 0 Å². The van der Waals surface area contributed by atoms with Crippen molar-refractivity contribution < 1.29 is 0 Å². The molecule has 0 saturated heterocycles. The highest BCUT2D eigenvalue weighted by atomic mass is 31.2. The first-order chi connectivity index (χ1) is 17.7. The summed E-state index contributed by atoms with van der Waals surface area (Å²) in [6.45, 7) is 5.90. The highest BCUT2D eigenvalue weighted by molar-refractivity contribution is 7.80. The standard InChI is InChI=1S/C33H35NP2/c1-3-4-27-34(35(30-21-13-7-14-22-30)31-23-15-8-16-24-31)36-32(28-17-9-5-10-18-28)25-26-33(36,2)29-19-11-6-12-20-29/h5-26,32H,3-4,27H2,1-2H3/t32-,33-,36?/m0/s1. The normalized spacial score (nSPS) is 21.3. The van der Waals surface area contributed by atoms with Crippen molar-refractivity contribution >= 4 is 26.8 Å². The fraction of sp³-hybridized carbons (Fsp3) is 0.212. The van der Waals surface area contributed by atoms with Crippen molar-refractivity contribution in [2.45, 2.75) is 37.5 Å². The summed E-state index contributed by atoms with van der Waals surface area (Å²) in [7, 11) is -1.30. The van der Waals surface area contributed by atoms with Gasteiger partial charge in [0.2, 0.25) is 0 Å². The molecule has 0 spiro atoms. The largest absolute Gasteiger partial charge is 0.250 e. The molecule has 3 heteroatoms. The number of rotatable bonds is 9. The van der Waals surface area contributed by atoms with E-state index < -0.39 is 16.1 Å². The van der Waals surface area contributed by atoms with Crippen molar-refractivity contribution in [2.75, 3.05) is 6.54 Å². The Kier molecular flexibility index (Phi) is 8.13. The lowest BCUT2D eigenvalue weighted by Gasteiger charge is -2.46. The topological polar surface area (TPSA) is 3.24 Å². The highest BCUT2D eigenvalue weighted by Crippen LogP contribution is 2.76. The fourth-order valence-electron chi connectivity index (χ4n) is 5.17. The van der Waals surface area contributed by atoms with Crippen LogP contribution in [0.1, 0.15) is 43.5 Å². The van der Waals surface area contributed by atoms with Crippen molar-refractivity contribution in [2.24, 2.45) is 0 Å². The van der Waals surface area contributed by atoms with Crippen LogP contribution >= 0.6 is 16.1 Å². The first-order valence-electron chi connectivity index (χ1n) is 13.0. The fourth-order valence-corrected chi connectivity index (χ4v) is 12.6. The maximum absolute atomic E-state index is 2.95. The molecule has 0 N–H and O–H groups in total. The Morgan fingerprint density at radius 3 is 1.75 bits per heavy atom. The van der Waals surface area contributed by atoms with Gasteiger partial charge >= 0.3 is 0 Å². The van der Waals surface area contributed by atoms with Crippen molar-refractivity contribution in [3.63, 3.8) is 0 Å². The molecule has 1 nitrogen and oxygen atoms in total. The van der Waals surface area contributed by atoms with Crippen LogP contribution in [0.25, 0.3) is 0 Å². The van der Waals surface area contributed by atoms with Gasteiger partial charge in [-0.15, -0.1) is 0 Å². The Morgan fingerprint density at radius 2 is 1.22 bits per heavy atom. The number of benzene rings is 4. The van der Waals surface area contributed by atoms with Crippen molar-refractivity contribution in [3.05, 3.63) is 145 Å². The van der Waals surface area contributed by atoms with Crippen LogP contribution in [0.5, 0.6) is 0 Å². The van der Waals surface area contributed by atoms with Crippen LogP contribution in [0, 0.1) is 0 Å². The smallest absolute Gasteiger partial charge is 0.0449 e. The lowest BCUT2D eigenvalue weighted by atomic mass is 9.99. The summed E-state index contributed by atoms with van der Waals surface area (Å²) in [5.41, 5.74) is 3.24. The molecule has 1 aliphatic rings. The van der Waals surface area contributed by atoms with Gasteiger partial charge in [-0.1, -0.05) is 147 Å². The van der Waals surface area contributed by atoms with E-state index in [0.29, 0.717) is 5.66 Å². The molecule has 1 heterocycles. The van der Waals surface area contributed by atoms with E-state index in [1.54, 1.807) is 0 Å². The zero-order valence-corrected chi connectivity index (χ0v) is 23.0. The molecule has 1 aliphatic heterocycles. The van der Waals surface area contributed by atoms with Gasteiger partial charge in [0.15, 0.2) is 0 Å². The minimum Gasteiger partial charge on any atom is -0.250 e. The predicted octanol–water partition coefficient (Wildman–Crippen LogP) is 8.76. The number of nitrogens with zero attached hydrogens (tertiary/aromatic N) is 1. The van der Waals surface area contributed by atoms with Gasteiger partial charge in [0.25, 0.3) is 0 Å². The Balaban J connectivity index is 1.70. The van der Waals surface area contributed by atoms with Crippen molar-refractivity contribution in [3.8, 4) is 0 Å². The zero-order valence-electron chi connectivity index (χ0n) is 21.2. The van der Waals surface area contributed by atoms with Gasteiger partial charge in [-0.3, -0.25) is 4.44 Å². The van der Waals surface area contributed by atoms with E-state index in [1.165, 1.54) is 34.6 Å². The summed E-state index contributed by atoms with van der Waals surface area (Å²) in [6.07, 6.45) is 7.42. The van der Waals surface area contributed by atoms with Gasteiger partial charge in [-0.25, -0.2) is 0 Å². The summed E-state index contributed by atoms with van der Waals surface area (Å²) < 4.78 is 2.95. The van der Waals surface area contributed by atoms with E-state index in [1.807, 2.05) is 0 Å². The molecule has 0 aromatic heterocycles. The summed E-state index contributed by atoms with van der Waals surface area (Å²) in [6, 6.07) is 44.8. The average molecular weight is 508 g/mol. The van der Waals surface area contributed by atoms with Crippen molar-refractivity contribution in [1.82, 2.24) is 4.44 Å². The molecule has 36 heavy (non-hydrogen) atoms. The number of unbranched alkanes of at least 4 members (excludes halogenated alkanes) is 1. The molecule has 0 saturated carbocycles. The van der Waals surface area contributed by atoms with Gasteiger partial charge < -0.3 is 0 Å². The van der Waals surface area contributed by atoms with Gasteiger partial charge in [-0.05, 0) is 43.2 Å². The summed E-state index contributed by atoms with van der Waals surface area (Å²) in [5.74, 6) is 0. The molecule has 0 amide bonds. The molecule has 0 fully saturated rings. The minimum atomic E-state index is -0.681. The van der Waals surface area contributed by atoms with Crippen LogP contribution in [0.4, 0.5) is 0 Å². The second-order valence-corrected chi connectivity index (χ2v) is 14.6. The second-order valence-electron chi connectivity index (χ2n) is 9.51. The molecule has 0 radical (unpaired) electrons. The Bertz CT molecular complexity index is 1200. The van der Waals surface area contributed by atoms with Crippen molar-refractivity contribution in [1.29, 1.82) is 0 Å². The van der Waals surface area contributed by atoms with E-state index >= 15 is 0 Å². The highest BCUT2D eigenvalue weighted by Gasteiger charge is 2.48. The van der Waals surface area contributed by atoms with Gasteiger partial charge in [0.1, 0.15) is 0 Å². The van der Waals surface area contributed by atoms with E-state index in [0.717, 1.165) is 6.54 Å². The lowest BCUT2D eigenvalue weighted by Crippen LogP contribution is -2.32. The van der Waals surface area contributed by atoms with Crippen LogP contribution < -0.4 is 10.6 Å². The van der Waals surface area contributed by atoms with E-state index in [2.05, 4.69) is 152 Å². The molecular weight excluding hydrogens is 472 g/mol. The average Bonchev–Trinajstić information content (AvgIpc) is 3.31. The first-order valence-corrected chi connectivity index (χ1v) is 15.6. The second kappa shape index (κ2) is 11.7. The Labute approximate surface area is 219 Å². The third kappa shape index (κ3) is 5.12. The van der Waals surface area contributed by atoms with Crippen LogP contribution in [0.3, 0.4) is 0 Å². The zero-order chi connectivity index (χ0) is 24.8. The molecule has 3 atom stereocenters. The third-order valence-corrected chi connectivity index (χ3v) is 13.4. The Hall–Kier alpha value is -2.56. The number of hydrogen-bond donors (Lipinski definition) is 0. The molecule has 4 aromatic carbocycles. The van der Waals surface area contributed by atoms with Crippen LogP contribution in [0.2, 0.25) is 0 Å². The lowest BCUT2D eigenvalue weighted by molar-refractivity contribution is 0.621. The molecule has 1 unspecified atom stereocenters. The maximum Gasteiger partial charge on any atom is 0.0449 e. The summed E-state index contributed by atoms with van der Waals surface area (Å²) >= 11 is 0. The van der Waals surface area contributed by atoms with E-state index in [-0.39, 0.29) is 5.16 Å². The molecule has 0 bridgehead atoms. The van der Waals surface area contributed by atoms with Crippen LogP contribution in [-0.4, -0.2) is 11.0 Å². The summed E-state index contributed by atoms with van der Waals surface area (Å²) in [5, 5.41) is 2.84. The Morgan fingerprint density at radius 1 is 0.722 bits per heavy atom. The molecule has 5 rings (SSSR count). The summed E-state index contributed by atoms with van der Waals surface area (Å²) in [4.78, 5) is 0. The van der Waals surface area contributed by atoms with E-state index in [4.69, 9.17) is 0 Å². The predicted molar refractivity (Wildman–Crippen MR) is 160 cm³/mol. The molecule has 182 valence electrons. The molecule has 0 aliphatic carbocycles. The molecular formula is C33H35NP2. The van der Waals surface area contributed by atoms with Crippen LogP contribution in [-0.2, 0) is 5.16 Å². The first kappa shape index (κ1) is 25.1. The van der Waals surface area contributed by atoms with E-state index in [9.17, 15) is 0 Å². The minimum absolute atomic E-state index is 0.0328. The van der Waals surface area contributed by atoms with Gasteiger partial charge in [0.05, 0.1) is 0 Å². The maximum atomic E-state index is 2.95. The number of allylic oxidation sites excluding steroid dienone is 2. The van der Waals surface area contributed by atoms with Gasteiger partial charge in [0, 0.05) is 25.4 Å². The van der Waals surface area contributed by atoms with Crippen LogP contribution in [0.15, 0.2) is 133 Å². The molecule has 4 aromatic rings. The third-order valence-electron chi connectivity index (χ3n) is 7.03. The number of hydrogen-bond acceptors (Lipinski definition) is 1. The monoisotopic (exact) mass is 507 g/mol. The SMILES string of the molecule is CCCCN(P(c1ccccc1)c1ccccc1)P1[C@H](c2ccccc2)C=C[C@@]1(C)c1ccccc1. The quantitative estimate of drug-likeness (QED) is 0.162.